The summed E-state index contributed by atoms with van der Waals surface area (Å²) in [6.07, 6.45) is 6.73. The standard InChI is InChI=1S/C18H26Cl2N2O2/c1-2-3-4-5-8-18(24)9-11-22(12-10-18)17(23)21-14-6-7-15(19)16(20)13-14/h6-7,13,24H,2-5,8-12H2,1H3,(H,21,23). The number of unbranched alkanes of at least 4 members (excludes halogenated alkanes) is 3. The lowest BCUT2D eigenvalue weighted by molar-refractivity contribution is -0.0197. The van der Waals surface area contributed by atoms with Crippen LogP contribution in [0.4, 0.5) is 10.5 Å². The van der Waals surface area contributed by atoms with E-state index in [1.807, 2.05) is 0 Å². The van der Waals surface area contributed by atoms with Crippen LogP contribution in [0.15, 0.2) is 18.2 Å². The van der Waals surface area contributed by atoms with E-state index in [1.54, 1.807) is 23.1 Å². The number of halogens is 2. The van der Waals surface area contributed by atoms with Gasteiger partial charge in [-0.15, -0.1) is 0 Å². The first kappa shape index (κ1) is 19.4. The average molecular weight is 373 g/mol. The highest BCUT2D eigenvalue weighted by Crippen LogP contribution is 2.29. The van der Waals surface area contributed by atoms with Crippen LogP contribution < -0.4 is 5.32 Å². The van der Waals surface area contributed by atoms with Crippen LogP contribution in [-0.4, -0.2) is 34.7 Å². The van der Waals surface area contributed by atoms with Crippen molar-refractivity contribution in [2.75, 3.05) is 18.4 Å². The van der Waals surface area contributed by atoms with Crippen molar-refractivity contribution in [1.29, 1.82) is 0 Å². The molecular formula is C18H26Cl2N2O2. The van der Waals surface area contributed by atoms with Gasteiger partial charge in [0.2, 0.25) is 0 Å². The van der Waals surface area contributed by atoms with Gasteiger partial charge in [-0.2, -0.15) is 0 Å². The first-order valence-corrected chi connectivity index (χ1v) is 9.42. The lowest BCUT2D eigenvalue weighted by Crippen LogP contribution is -2.48. The van der Waals surface area contributed by atoms with Gasteiger partial charge in [-0.25, -0.2) is 4.79 Å². The van der Waals surface area contributed by atoms with Crippen molar-refractivity contribution < 1.29 is 9.90 Å². The van der Waals surface area contributed by atoms with Crippen LogP contribution in [0.25, 0.3) is 0 Å². The Balaban J connectivity index is 1.80. The second kappa shape index (κ2) is 8.93. The summed E-state index contributed by atoms with van der Waals surface area (Å²) in [5.74, 6) is 0. The van der Waals surface area contributed by atoms with Gasteiger partial charge >= 0.3 is 6.03 Å². The maximum Gasteiger partial charge on any atom is 0.321 e. The molecule has 0 saturated carbocycles. The molecule has 2 rings (SSSR count). The van der Waals surface area contributed by atoms with E-state index in [4.69, 9.17) is 23.2 Å². The number of nitrogens with zero attached hydrogens (tertiary/aromatic N) is 1. The molecule has 1 aromatic carbocycles. The molecule has 0 aromatic heterocycles. The summed E-state index contributed by atoms with van der Waals surface area (Å²) < 4.78 is 0. The molecule has 0 unspecified atom stereocenters. The van der Waals surface area contributed by atoms with Gasteiger partial charge in [0, 0.05) is 18.8 Å². The molecule has 0 spiro atoms. The van der Waals surface area contributed by atoms with Crippen molar-refractivity contribution in [3.8, 4) is 0 Å². The van der Waals surface area contributed by atoms with Crippen LogP contribution in [0, 0.1) is 0 Å². The second-order valence-corrected chi connectivity index (χ2v) is 7.40. The van der Waals surface area contributed by atoms with E-state index >= 15 is 0 Å². The van der Waals surface area contributed by atoms with E-state index < -0.39 is 5.60 Å². The van der Waals surface area contributed by atoms with Gasteiger partial charge in [0.05, 0.1) is 15.6 Å². The van der Waals surface area contributed by atoms with Crippen molar-refractivity contribution in [3.05, 3.63) is 28.2 Å². The fourth-order valence-electron chi connectivity index (χ4n) is 3.03. The molecule has 6 heteroatoms. The SMILES string of the molecule is CCCCCCC1(O)CCN(C(=O)Nc2ccc(Cl)c(Cl)c2)CC1. The minimum absolute atomic E-state index is 0.165. The molecule has 1 heterocycles. The number of piperidine rings is 1. The van der Waals surface area contributed by atoms with E-state index in [0.717, 1.165) is 12.8 Å². The Morgan fingerprint density at radius 2 is 1.92 bits per heavy atom. The molecule has 1 saturated heterocycles. The first-order valence-electron chi connectivity index (χ1n) is 8.67. The number of hydrogen-bond donors (Lipinski definition) is 2. The number of hydrogen-bond acceptors (Lipinski definition) is 2. The lowest BCUT2D eigenvalue weighted by Gasteiger charge is -2.38. The third kappa shape index (κ3) is 5.54. The van der Waals surface area contributed by atoms with E-state index in [-0.39, 0.29) is 6.03 Å². The summed E-state index contributed by atoms with van der Waals surface area (Å²) in [6.45, 7) is 3.31. The Bertz CT molecular complexity index is 558. The van der Waals surface area contributed by atoms with Crippen LogP contribution in [0.5, 0.6) is 0 Å². The van der Waals surface area contributed by atoms with Crippen molar-refractivity contribution in [1.82, 2.24) is 4.90 Å². The largest absolute Gasteiger partial charge is 0.390 e. The Morgan fingerprint density at radius 1 is 1.21 bits per heavy atom. The number of benzene rings is 1. The summed E-state index contributed by atoms with van der Waals surface area (Å²) in [5.41, 5.74) is 0.00322. The van der Waals surface area contributed by atoms with Crippen molar-refractivity contribution >= 4 is 34.9 Å². The minimum atomic E-state index is -0.617. The maximum atomic E-state index is 12.3. The molecule has 0 radical (unpaired) electrons. The molecule has 134 valence electrons. The monoisotopic (exact) mass is 372 g/mol. The zero-order valence-electron chi connectivity index (χ0n) is 14.2. The summed E-state index contributed by atoms with van der Waals surface area (Å²) in [7, 11) is 0. The number of likely N-dealkylation sites (tertiary alicyclic amines) is 1. The van der Waals surface area contributed by atoms with Gasteiger partial charge in [0.1, 0.15) is 0 Å². The average Bonchev–Trinajstić information content (AvgIpc) is 2.56. The zero-order chi connectivity index (χ0) is 17.6. The molecule has 0 aliphatic carbocycles. The van der Waals surface area contributed by atoms with Gasteiger partial charge in [0.15, 0.2) is 0 Å². The number of carbonyl (C=O) groups excluding carboxylic acids is 1. The van der Waals surface area contributed by atoms with Crippen LogP contribution in [0.3, 0.4) is 0 Å². The highest BCUT2D eigenvalue weighted by Gasteiger charge is 2.33. The second-order valence-electron chi connectivity index (χ2n) is 6.58. The summed E-state index contributed by atoms with van der Waals surface area (Å²) in [4.78, 5) is 14.1. The van der Waals surface area contributed by atoms with Crippen molar-refractivity contribution in [2.45, 2.75) is 57.5 Å². The summed E-state index contributed by atoms with van der Waals surface area (Å²) >= 11 is 11.8. The Labute approximate surface area is 154 Å². The molecule has 1 fully saturated rings. The Morgan fingerprint density at radius 3 is 2.54 bits per heavy atom. The Kier molecular flexibility index (Phi) is 7.20. The number of amides is 2. The molecular weight excluding hydrogens is 347 g/mol. The number of nitrogens with one attached hydrogen (secondary N) is 1. The Hall–Kier alpha value is -0.970. The minimum Gasteiger partial charge on any atom is -0.390 e. The molecule has 0 atom stereocenters. The lowest BCUT2D eigenvalue weighted by atomic mass is 9.86. The van der Waals surface area contributed by atoms with E-state index in [9.17, 15) is 9.90 Å². The first-order chi connectivity index (χ1) is 11.4. The molecule has 24 heavy (non-hydrogen) atoms. The van der Waals surface area contributed by atoms with Gasteiger partial charge in [0.25, 0.3) is 0 Å². The predicted molar refractivity (Wildman–Crippen MR) is 100.0 cm³/mol. The summed E-state index contributed by atoms with van der Waals surface area (Å²) in [6, 6.07) is 4.85. The molecule has 0 bridgehead atoms. The molecule has 1 aliphatic heterocycles. The fraction of sp³-hybridized carbons (Fsp3) is 0.611. The number of aliphatic hydroxyl groups is 1. The highest BCUT2D eigenvalue weighted by atomic mass is 35.5. The van der Waals surface area contributed by atoms with Crippen molar-refractivity contribution in [3.63, 3.8) is 0 Å². The topological polar surface area (TPSA) is 52.6 Å². The summed E-state index contributed by atoms with van der Waals surface area (Å²) in [5, 5.41) is 14.3. The molecule has 1 aromatic rings. The normalized spacial score (nSPS) is 16.9. The van der Waals surface area contributed by atoms with Crippen molar-refractivity contribution in [2.24, 2.45) is 0 Å². The number of anilines is 1. The van der Waals surface area contributed by atoms with E-state index in [1.165, 1.54) is 19.3 Å². The van der Waals surface area contributed by atoms with E-state index in [2.05, 4.69) is 12.2 Å². The van der Waals surface area contributed by atoms with Gasteiger partial charge in [-0.1, -0.05) is 55.8 Å². The molecule has 2 N–H and O–H groups in total. The quantitative estimate of drug-likeness (QED) is 0.663. The third-order valence-corrected chi connectivity index (χ3v) is 5.39. The van der Waals surface area contributed by atoms with Crippen LogP contribution in [0.1, 0.15) is 51.9 Å². The van der Waals surface area contributed by atoms with Crippen LogP contribution in [-0.2, 0) is 0 Å². The zero-order valence-corrected chi connectivity index (χ0v) is 15.7. The van der Waals surface area contributed by atoms with Gasteiger partial charge < -0.3 is 15.3 Å². The fourth-order valence-corrected chi connectivity index (χ4v) is 3.33. The number of rotatable bonds is 6. The predicted octanol–water partition coefficient (Wildman–Crippen LogP) is 5.32. The molecule has 2 amide bonds. The molecule has 4 nitrogen and oxygen atoms in total. The molecule has 1 aliphatic rings. The van der Waals surface area contributed by atoms with Gasteiger partial charge in [-0.05, 0) is 37.5 Å². The maximum absolute atomic E-state index is 12.3. The number of carbonyl (C=O) groups is 1. The van der Waals surface area contributed by atoms with Gasteiger partial charge in [-0.3, -0.25) is 0 Å². The number of urea groups is 1. The van der Waals surface area contributed by atoms with Crippen LogP contribution in [0.2, 0.25) is 10.0 Å². The third-order valence-electron chi connectivity index (χ3n) is 4.65. The van der Waals surface area contributed by atoms with Crippen LogP contribution >= 0.6 is 23.2 Å². The highest BCUT2D eigenvalue weighted by molar-refractivity contribution is 6.42. The van der Waals surface area contributed by atoms with E-state index in [0.29, 0.717) is 41.7 Å². The smallest absolute Gasteiger partial charge is 0.321 e.